The molecule has 0 saturated carbocycles. The first-order chi connectivity index (χ1) is 4.31. The standard InChI is InChI=1S/C8H15N/c1-3-4-5-6-8(2)7-9/h3-4,7-9H,5-6H2,1-2H3. The maximum Gasteiger partial charge on any atom is -0.00194 e. The highest BCUT2D eigenvalue weighted by Gasteiger charge is 1.92. The first kappa shape index (κ1) is 8.41. The zero-order valence-corrected chi connectivity index (χ0v) is 6.22. The summed E-state index contributed by atoms with van der Waals surface area (Å²) < 4.78 is 0. The van der Waals surface area contributed by atoms with Crippen molar-refractivity contribution in [2.24, 2.45) is 5.92 Å². The van der Waals surface area contributed by atoms with Crippen LogP contribution >= 0.6 is 0 Å². The van der Waals surface area contributed by atoms with E-state index in [4.69, 9.17) is 5.41 Å². The minimum atomic E-state index is 0.446. The molecule has 0 aliphatic carbocycles. The maximum absolute atomic E-state index is 6.90. The zero-order chi connectivity index (χ0) is 7.11. The Balaban J connectivity index is 3.16. The van der Waals surface area contributed by atoms with Crippen molar-refractivity contribution in [2.45, 2.75) is 26.7 Å². The van der Waals surface area contributed by atoms with Gasteiger partial charge in [0.15, 0.2) is 0 Å². The van der Waals surface area contributed by atoms with Crippen molar-refractivity contribution in [2.75, 3.05) is 0 Å². The van der Waals surface area contributed by atoms with Crippen LogP contribution < -0.4 is 0 Å². The lowest BCUT2D eigenvalue weighted by atomic mass is 10.1. The molecule has 1 heteroatoms. The van der Waals surface area contributed by atoms with Gasteiger partial charge in [-0.15, -0.1) is 0 Å². The normalized spacial score (nSPS) is 14.0. The van der Waals surface area contributed by atoms with Gasteiger partial charge >= 0.3 is 0 Å². The predicted molar refractivity (Wildman–Crippen MR) is 42.0 cm³/mol. The van der Waals surface area contributed by atoms with Crippen molar-refractivity contribution in [1.29, 1.82) is 5.41 Å². The first-order valence-electron chi connectivity index (χ1n) is 3.43. The Bertz CT molecular complexity index is 94.7. The minimum absolute atomic E-state index is 0.446. The molecule has 0 fully saturated rings. The molecular formula is C8H15N. The van der Waals surface area contributed by atoms with Crippen molar-refractivity contribution < 1.29 is 0 Å². The number of rotatable bonds is 4. The van der Waals surface area contributed by atoms with Crippen molar-refractivity contribution in [3.05, 3.63) is 12.2 Å². The van der Waals surface area contributed by atoms with Gasteiger partial charge in [0, 0.05) is 0 Å². The van der Waals surface area contributed by atoms with Gasteiger partial charge in [-0.05, 0) is 31.9 Å². The van der Waals surface area contributed by atoms with Gasteiger partial charge in [-0.3, -0.25) is 0 Å². The van der Waals surface area contributed by atoms with E-state index in [0.29, 0.717) is 5.92 Å². The number of hydrogen-bond acceptors (Lipinski definition) is 1. The van der Waals surface area contributed by atoms with Crippen molar-refractivity contribution in [3.63, 3.8) is 0 Å². The van der Waals surface area contributed by atoms with E-state index in [-0.39, 0.29) is 0 Å². The lowest BCUT2D eigenvalue weighted by Crippen LogP contribution is -1.92. The topological polar surface area (TPSA) is 23.9 Å². The van der Waals surface area contributed by atoms with Gasteiger partial charge in [-0.2, -0.15) is 0 Å². The quantitative estimate of drug-likeness (QED) is 0.441. The summed E-state index contributed by atoms with van der Waals surface area (Å²) in [6.07, 6.45) is 7.90. The van der Waals surface area contributed by atoms with Gasteiger partial charge in [0.25, 0.3) is 0 Å². The van der Waals surface area contributed by atoms with Gasteiger partial charge < -0.3 is 5.41 Å². The largest absolute Gasteiger partial charge is 0.313 e. The monoisotopic (exact) mass is 125 g/mol. The Labute approximate surface area is 57.3 Å². The third-order valence-electron chi connectivity index (χ3n) is 1.31. The highest BCUT2D eigenvalue weighted by Crippen LogP contribution is 2.01. The van der Waals surface area contributed by atoms with Crippen LogP contribution in [0.4, 0.5) is 0 Å². The highest BCUT2D eigenvalue weighted by molar-refractivity contribution is 5.55. The van der Waals surface area contributed by atoms with Crippen LogP contribution in [0.5, 0.6) is 0 Å². The Hall–Kier alpha value is -0.590. The van der Waals surface area contributed by atoms with Crippen LogP contribution in [-0.2, 0) is 0 Å². The lowest BCUT2D eigenvalue weighted by Gasteiger charge is -1.98. The van der Waals surface area contributed by atoms with Crippen LogP contribution in [0.2, 0.25) is 0 Å². The van der Waals surface area contributed by atoms with E-state index in [0.717, 1.165) is 12.8 Å². The summed E-state index contributed by atoms with van der Waals surface area (Å²) in [5, 5.41) is 6.90. The van der Waals surface area contributed by atoms with Crippen molar-refractivity contribution >= 4 is 6.21 Å². The molecule has 0 radical (unpaired) electrons. The fourth-order valence-corrected chi connectivity index (χ4v) is 0.609. The summed E-state index contributed by atoms with van der Waals surface area (Å²) in [5.41, 5.74) is 0. The summed E-state index contributed by atoms with van der Waals surface area (Å²) in [6, 6.07) is 0. The molecule has 0 aromatic carbocycles. The molecule has 0 rings (SSSR count). The van der Waals surface area contributed by atoms with Crippen LogP contribution in [0.3, 0.4) is 0 Å². The van der Waals surface area contributed by atoms with E-state index in [1.54, 1.807) is 0 Å². The Morgan fingerprint density at radius 1 is 1.56 bits per heavy atom. The van der Waals surface area contributed by atoms with Gasteiger partial charge in [0.1, 0.15) is 0 Å². The Kier molecular flexibility index (Phi) is 5.18. The van der Waals surface area contributed by atoms with E-state index < -0.39 is 0 Å². The third-order valence-corrected chi connectivity index (χ3v) is 1.31. The Morgan fingerprint density at radius 2 is 2.22 bits per heavy atom. The molecule has 0 aliphatic rings. The van der Waals surface area contributed by atoms with Gasteiger partial charge in [0.05, 0.1) is 0 Å². The number of hydrogen-bond donors (Lipinski definition) is 1. The zero-order valence-electron chi connectivity index (χ0n) is 6.22. The van der Waals surface area contributed by atoms with Crippen molar-refractivity contribution in [3.8, 4) is 0 Å². The number of nitrogens with one attached hydrogen (secondary N) is 1. The maximum atomic E-state index is 6.90. The predicted octanol–water partition coefficient (Wildman–Crippen LogP) is 2.63. The second-order valence-corrected chi connectivity index (χ2v) is 2.29. The van der Waals surface area contributed by atoms with E-state index in [2.05, 4.69) is 19.1 Å². The molecule has 0 saturated heterocycles. The molecule has 52 valence electrons. The smallest absolute Gasteiger partial charge is 0.00194 e. The average Bonchev–Trinajstić information content (AvgIpc) is 1.89. The summed E-state index contributed by atoms with van der Waals surface area (Å²) >= 11 is 0. The fraction of sp³-hybridized carbons (Fsp3) is 0.625. The van der Waals surface area contributed by atoms with E-state index >= 15 is 0 Å². The highest BCUT2D eigenvalue weighted by atomic mass is 14.3. The molecule has 0 spiro atoms. The third kappa shape index (κ3) is 5.28. The lowest BCUT2D eigenvalue weighted by molar-refractivity contribution is 0.703. The van der Waals surface area contributed by atoms with E-state index in [1.165, 1.54) is 6.21 Å². The molecular weight excluding hydrogens is 110 g/mol. The molecule has 1 N–H and O–H groups in total. The van der Waals surface area contributed by atoms with Crippen molar-refractivity contribution in [1.82, 2.24) is 0 Å². The fourth-order valence-electron chi connectivity index (χ4n) is 0.609. The van der Waals surface area contributed by atoms with Crippen LogP contribution in [-0.4, -0.2) is 6.21 Å². The molecule has 0 heterocycles. The summed E-state index contributed by atoms with van der Waals surface area (Å²) in [4.78, 5) is 0. The van der Waals surface area contributed by atoms with Crippen LogP contribution in [0.1, 0.15) is 26.7 Å². The minimum Gasteiger partial charge on any atom is -0.313 e. The van der Waals surface area contributed by atoms with Gasteiger partial charge in [-0.25, -0.2) is 0 Å². The Morgan fingerprint density at radius 3 is 2.67 bits per heavy atom. The van der Waals surface area contributed by atoms with Crippen LogP contribution in [0, 0.1) is 11.3 Å². The summed E-state index contributed by atoms with van der Waals surface area (Å²) in [6.45, 7) is 4.09. The molecule has 1 unspecified atom stereocenters. The van der Waals surface area contributed by atoms with E-state index in [1.807, 2.05) is 6.92 Å². The average molecular weight is 125 g/mol. The molecule has 0 aliphatic heterocycles. The van der Waals surface area contributed by atoms with Crippen LogP contribution in [0.25, 0.3) is 0 Å². The molecule has 0 bridgehead atoms. The molecule has 9 heavy (non-hydrogen) atoms. The van der Waals surface area contributed by atoms with Gasteiger partial charge in [-0.1, -0.05) is 19.1 Å². The van der Waals surface area contributed by atoms with E-state index in [9.17, 15) is 0 Å². The molecule has 0 aromatic rings. The molecule has 1 atom stereocenters. The summed E-state index contributed by atoms with van der Waals surface area (Å²) in [7, 11) is 0. The second-order valence-electron chi connectivity index (χ2n) is 2.29. The second kappa shape index (κ2) is 5.54. The molecule has 1 nitrogen and oxygen atoms in total. The molecule has 0 amide bonds. The first-order valence-corrected chi connectivity index (χ1v) is 3.43. The van der Waals surface area contributed by atoms with Crippen LogP contribution in [0.15, 0.2) is 12.2 Å². The van der Waals surface area contributed by atoms with Gasteiger partial charge in [0.2, 0.25) is 0 Å². The molecule has 0 aromatic heterocycles. The summed E-state index contributed by atoms with van der Waals surface area (Å²) in [5.74, 6) is 0.446. The SMILES string of the molecule is CC=CCCC(C)C=N. The number of allylic oxidation sites excluding steroid dienone is 2.